The minimum absolute atomic E-state index is 0. The Morgan fingerprint density at radius 2 is 1.77 bits per heavy atom. The van der Waals surface area contributed by atoms with Gasteiger partial charge in [-0.25, -0.2) is 0 Å². The van der Waals surface area contributed by atoms with Crippen LogP contribution < -0.4 is 5.32 Å². The van der Waals surface area contributed by atoms with E-state index < -0.39 is 0 Å². The van der Waals surface area contributed by atoms with Gasteiger partial charge in [0, 0.05) is 5.54 Å². The van der Waals surface area contributed by atoms with Crippen molar-refractivity contribution in [1.82, 2.24) is 5.32 Å². The molecule has 2 aliphatic heterocycles. The normalized spacial score (nSPS) is 39.7. The first-order valence-corrected chi connectivity index (χ1v) is 4.88. The molecule has 2 saturated heterocycles. The Labute approximate surface area is 91.7 Å². The van der Waals surface area contributed by atoms with E-state index in [9.17, 15) is 0 Å². The molecule has 0 aromatic rings. The van der Waals surface area contributed by atoms with Crippen LogP contribution in [0.25, 0.3) is 5.32 Å². The summed E-state index contributed by atoms with van der Waals surface area (Å²) >= 11 is 0. The molecule has 0 aliphatic carbocycles. The summed E-state index contributed by atoms with van der Waals surface area (Å²) < 4.78 is 0. The standard InChI is InChI=1S/C10H19N2.Cu/c1-9(2)5-7-6-10(3,4)12-8(7)11-9;/h7-8,11H,5-6H2,1-4H3;/q-1;+1. The fourth-order valence-electron chi connectivity index (χ4n) is 2.74. The first-order chi connectivity index (χ1) is 5.38. The van der Waals surface area contributed by atoms with E-state index in [1.807, 2.05) is 0 Å². The molecule has 2 fully saturated rings. The van der Waals surface area contributed by atoms with E-state index in [4.69, 9.17) is 5.32 Å². The van der Waals surface area contributed by atoms with Gasteiger partial charge >= 0.3 is 17.1 Å². The quantitative estimate of drug-likeness (QED) is 0.635. The van der Waals surface area contributed by atoms with Gasteiger partial charge < -0.3 is 10.6 Å². The van der Waals surface area contributed by atoms with E-state index in [1.54, 1.807) is 0 Å². The summed E-state index contributed by atoms with van der Waals surface area (Å²) in [6, 6.07) is 0. The Bertz CT molecular complexity index is 163. The van der Waals surface area contributed by atoms with Crippen LogP contribution in [0.1, 0.15) is 40.5 Å². The number of fused-ring (bicyclic) bond motifs is 1. The average Bonchev–Trinajstić information content (AvgIpc) is 2.12. The second-order valence-corrected chi connectivity index (χ2v) is 5.58. The van der Waals surface area contributed by atoms with E-state index in [1.165, 1.54) is 12.8 Å². The van der Waals surface area contributed by atoms with Gasteiger partial charge in [-0.15, -0.1) is 5.54 Å². The van der Waals surface area contributed by atoms with Crippen molar-refractivity contribution in [3.8, 4) is 0 Å². The molecule has 0 amide bonds. The third kappa shape index (κ3) is 2.27. The van der Waals surface area contributed by atoms with Gasteiger partial charge in [0.05, 0.1) is 0 Å². The number of hydrogen-bond donors (Lipinski definition) is 1. The molecule has 13 heavy (non-hydrogen) atoms. The molecular weight excluding hydrogens is 212 g/mol. The molecule has 2 aliphatic rings. The van der Waals surface area contributed by atoms with Crippen LogP contribution in [0.5, 0.6) is 0 Å². The second-order valence-electron chi connectivity index (χ2n) is 5.58. The summed E-state index contributed by atoms with van der Waals surface area (Å²) in [4.78, 5) is 0. The summed E-state index contributed by atoms with van der Waals surface area (Å²) in [5.41, 5.74) is 0.536. The number of hydrogen-bond acceptors (Lipinski definition) is 1. The molecule has 0 saturated carbocycles. The Kier molecular flexibility index (Phi) is 2.86. The average molecular weight is 231 g/mol. The van der Waals surface area contributed by atoms with Gasteiger partial charge in [0.1, 0.15) is 0 Å². The molecular formula is C10H19CuN2. The fourth-order valence-corrected chi connectivity index (χ4v) is 2.74. The molecule has 2 nitrogen and oxygen atoms in total. The van der Waals surface area contributed by atoms with Crippen LogP contribution in [0.3, 0.4) is 0 Å². The van der Waals surface area contributed by atoms with Gasteiger partial charge in [-0.05, 0) is 26.2 Å². The fraction of sp³-hybridized carbons (Fsp3) is 1.00. The Balaban J connectivity index is 0.000000845. The molecule has 1 N–H and O–H groups in total. The van der Waals surface area contributed by atoms with Crippen molar-refractivity contribution < 1.29 is 17.1 Å². The molecule has 2 heterocycles. The Morgan fingerprint density at radius 3 is 2.31 bits per heavy atom. The van der Waals surface area contributed by atoms with E-state index in [0.29, 0.717) is 11.7 Å². The summed E-state index contributed by atoms with van der Waals surface area (Å²) in [6.07, 6.45) is 2.98. The molecule has 3 heteroatoms. The Hall–Kier alpha value is 0.439. The van der Waals surface area contributed by atoms with Gasteiger partial charge in [-0.3, -0.25) is 0 Å². The number of nitrogens with zero attached hydrogens (tertiary/aromatic N) is 1. The van der Waals surface area contributed by atoms with Gasteiger partial charge in [0.15, 0.2) is 0 Å². The van der Waals surface area contributed by atoms with Crippen molar-refractivity contribution in [2.75, 3.05) is 0 Å². The van der Waals surface area contributed by atoms with Crippen molar-refractivity contribution in [1.29, 1.82) is 0 Å². The maximum absolute atomic E-state index is 4.77. The van der Waals surface area contributed by atoms with Gasteiger partial charge in [-0.1, -0.05) is 26.4 Å². The van der Waals surface area contributed by atoms with Gasteiger partial charge in [-0.2, -0.15) is 0 Å². The molecule has 0 radical (unpaired) electrons. The monoisotopic (exact) mass is 230 g/mol. The van der Waals surface area contributed by atoms with Gasteiger partial charge in [0.25, 0.3) is 0 Å². The summed E-state index contributed by atoms with van der Waals surface area (Å²) in [7, 11) is 0. The first kappa shape index (κ1) is 11.5. The minimum atomic E-state index is 0. The van der Waals surface area contributed by atoms with Crippen LogP contribution >= 0.6 is 0 Å². The van der Waals surface area contributed by atoms with Crippen LogP contribution in [-0.2, 0) is 17.1 Å². The molecule has 2 rings (SSSR count). The van der Waals surface area contributed by atoms with E-state index >= 15 is 0 Å². The summed E-state index contributed by atoms with van der Waals surface area (Å²) in [5.74, 6) is 0.787. The van der Waals surface area contributed by atoms with Crippen molar-refractivity contribution in [3.05, 3.63) is 5.32 Å². The zero-order chi connectivity index (χ0) is 8.98. The predicted octanol–water partition coefficient (Wildman–Crippen LogP) is 2.25. The van der Waals surface area contributed by atoms with Crippen molar-refractivity contribution in [2.45, 2.75) is 57.8 Å². The largest absolute Gasteiger partial charge is 1.00 e. The maximum atomic E-state index is 4.77. The third-order valence-electron chi connectivity index (χ3n) is 3.01. The van der Waals surface area contributed by atoms with Crippen molar-refractivity contribution in [2.24, 2.45) is 5.92 Å². The van der Waals surface area contributed by atoms with Crippen LogP contribution in [0.2, 0.25) is 0 Å². The second kappa shape index (κ2) is 3.23. The van der Waals surface area contributed by atoms with Crippen molar-refractivity contribution in [3.63, 3.8) is 0 Å². The summed E-state index contributed by atoms with van der Waals surface area (Å²) in [5, 5.41) is 8.35. The molecule has 2 atom stereocenters. The van der Waals surface area contributed by atoms with Crippen LogP contribution in [0.4, 0.5) is 0 Å². The van der Waals surface area contributed by atoms with Crippen molar-refractivity contribution >= 4 is 0 Å². The topological polar surface area (TPSA) is 26.1 Å². The van der Waals surface area contributed by atoms with Gasteiger partial charge in [0.2, 0.25) is 0 Å². The molecule has 80 valence electrons. The number of rotatable bonds is 0. The molecule has 0 aromatic carbocycles. The molecule has 2 unspecified atom stereocenters. The smallest absolute Gasteiger partial charge is 0.642 e. The SMILES string of the molecule is CC1(C)CC2CC(C)(C)NC2[N-]1.[Cu+]. The molecule has 0 spiro atoms. The van der Waals surface area contributed by atoms with Crippen LogP contribution in [0, 0.1) is 5.92 Å². The van der Waals surface area contributed by atoms with Crippen LogP contribution in [0.15, 0.2) is 0 Å². The molecule has 0 bridgehead atoms. The predicted molar refractivity (Wildman–Crippen MR) is 51.2 cm³/mol. The minimum Gasteiger partial charge on any atom is -0.642 e. The zero-order valence-electron chi connectivity index (χ0n) is 8.82. The summed E-state index contributed by atoms with van der Waals surface area (Å²) in [6.45, 7) is 9.02. The van der Waals surface area contributed by atoms with E-state index in [0.717, 1.165) is 5.92 Å². The first-order valence-electron chi connectivity index (χ1n) is 4.88. The molecule has 0 aromatic heterocycles. The third-order valence-corrected chi connectivity index (χ3v) is 3.01. The zero-order valence-corrected chi connectivity index (χ0v) is 9.76. The van der Waals surface area contributed by atoms with E-state index in [2.05, 4.69) is 33.0 Å². The Morgan fingerprint density at radius 1 is 1.15 bits per heavy atom. The van der Waals surface area contributed by atoms with Crippen LogP contribution in [-0.4, -0.2) is 17.2 Å². The number of nitrogens with one attached hydrogen (secondary N) is 1. The van der Waals surface area contributed by atoms with E-state index in [-0.39, 0.29) is 22.6 Å². The maximum Gasteiger partial charge on any atom is 1.00 e.